The Morgan fingerprint density at radius 1 is 1.00 bits per heavy atom. The molecule has 2 aromatic carbocycles. The van der Waals surface area contributed by atoms with Crippen LogP contribution in [0.1, 0.15) is 27.9 Å². The molecule has 2 aromatic rings. The second-order valence-electron chi connectivity index (χ2n) is 6.23. The van der Waals surface area contributed by atoms with Crippen LogP contribution in [0.4, 0.5) is 26.3 Å². The smallest absolute Gasteiger partial charge is 0.257 e. The first-order valence-corrected chi connectivity index (χ1v) is 7.93. The van der Waals surface area contributed by atoms with E-state index in [1.54, 1.807) is 24.3 Å². The predicted octanol–water partition coefficient (Wildman–Crippen LogP) is 4.48. The Bertz CT molecular complexity index is 928. The summed E-state index contributed by atoms with van der Waals surface area (Å²) in [5.41, 5.74) is -2.29. The fourth-order valence-corrected chi connectivity index (χ4v) is 3.07. The van der Waals surface area contributed by atoms with Gasteiger partial charge in [-0.15, -0.1) is 0 Å². The summed E-state index contributed by atoms with van der Waals surface area (Å²) in [4.78, 5) is 12.0. The highest BCUT2D eigenvalue weighted by molar-refractivity contribution is 5.95. The molecule has 0 heterocycles. The van der Waals surface area contributed by atoms with E-state index in [0.717, 1.165) is 5.56 Å². The summed E-state index contributed by atoms with van der Waals surface area (Å²) in [5, 5.41) is 1.92. The van der Waals surface area contributed by atoms with Crippen molar-refractivity contribution in [1.82, 2.24) is 5.32 Å². The number of carbonyl (C=O) groups is 1. The molecule has 1 amide bonds. The predicted molar refractivity (Wildman–Crippen MR) is 86.2 cm³/mol. The number of hydrogen-bond donors (Lipinski definition) is 1. The van der Waals surface area contributed by atoms with Crippen molar-refractivity contribution < 1.29 is 31.1 Å². The van der Waals surface area contributed by atoms with Crippen molar-refractivity contribution in [2.24, 2.45) is 0 Å². The Hall–Kier alpha value is -2.77. The van der Waals surface area contributed by atoms with Gasteiger partial charge in [-0.2, -0.15) is 0 Å². The van der Waals surface area contributed by atoms with Crippen LogP contribution in [0.15, 0.2) is 30.8 Å². The summed E-state index contributed by atoms with van der Waals surface area (Å²) >= 11 is 0. The second-order valence-corrected chi connectivity index (χ2v) is 6.23. The standard InChI is InChI=1S/C19H13F6NO/c1-9-11-5-3-2-4-10(11)6-7-19(9,25)8-26-18(27)12-13(20)15(22)17(24)16(23)14(12)21/h2-5H,1,6-8H2,(H,26,27)/t19-/m1/s1. The van der Waals surface area contributed by atoms with Crippen LogP contribution >= 0.6 is 0 Å². The molecule has 0 spiro atoms. The van der Waals surface area contributed by atoms with E-state index in [2.05, 4.69) is 6.58 Å². The number of aryl methyl sites for hydroxylation is 1. The van der Waals surface area contributed by atoms with Crippen LogP contribution in [-0.2, 0) is 6.42 Å². The molecule has 1 atom stereocenters. The highest BCUT2D eigenvalue weighted by Crippen LogP contribution is 2.39. The highest BCUT2D eigenvalue weighted by atomic mass is 19.2. The number of carbonyl (C=O) groups excluding carboxylic acids is 1. The van der Waals surface area contributed by atoms with Gasteiger partial charge in [0.25, 0.3) is 5.91 Å². The molecule has 0 bridgehead atoms. The number of halogens is 6. The monoisotopic (exact) mass is 385 g/mol. The Morgan fingerprint density at radius 3 is 2.19 bits per heavy atom. The number of amides is 1. The van der Waals surface area contributed by atoms with E-state index >= 15 is 4.39 Å². The van der Waals surface area contributed by atoms with E-state index in [4.69, 9.17) is 0 Å². The van der Waals surface area contributed by atoms with Gasteiger partial charge < -0.3 is 5.32 Å². The Kier molecular flexibility index (Phi) is 4.75. The van der Waals surface area contributed by atoms with Crippen molar-refractivity contribution in [3.63, 3.8) is 0 Å². The van der Waals surface area contributed by atoms with Crippen LogP contribution in [-0.4, -0.2) is 18.1 Å². The zero-order chi connectivity index (χ0) is 19.9. The maximum absolute atomic E-state index is 15.2. The molecule has 142 valence electrons. The Balaban J connectivity index is 1.84. The third kappa shape index (κ3) is 3.09. The Morgan fingerprint density at radius 2 is 1.56 bits per heavy atom. The summed E-state index contributed by atoms with van der Waals surface area (Å²) in [5.74, 6) is -13.0. The van der Waals surface area contributed by atoms with Gasteiger partial charge in [0.1, 0.15) is 5.56 Å². The van der Waals surface area contributed by atoms with E-state index < -0.39 is 52.8 Å². The molecule has 0 aliphatic heterocycles. The fourth-order valence-electron chi connectivity index (χ4n) is 3.07. The summed E-state index contributed by atoms with van der Waals surface area (Å²) in [6.07, 6.45) is 0.282. The molecule has 0 fully saturated rings. The SMILES string of the molecule is C=C1c2ccccc2CC[C@@]1(F)CNC(=O)c1c(F)c(F)c(F)c(F)c1F. The molecule has 0 unspecified atom stereocenters. The van der Waals surface area contributed by atoms with E-state index in [-0.39, 0.29) is 12.0 Å². The van der Waals surface area contributed by atoms with Gasteiger partial charge in [0, 0.05) is 0 Å². The first-order chi connectivity index (χ1) is 12.7. The van der Waals surface area contributed by atoms with Crippen LogP contribution in [0, 0.1) is 29.1 Å². The summed E-state index contributed by atoms with van der Waals surface area (Å²) < 4.78 is 82.1. The molecule has 27 heavy (non-hydrogen) atoms. The largest absolute Gasteiger partial charge is 0.348 e. The number of benzene rings is 2. The average molecular weight is 385 g/mol. The maximum atomic E-state index is 15.2. The number of rotatable bonds is 3. The lowest BCUT2D eigenvalue weighted by Crippen LogP contribution is -2.43. The van der Waals surface area contributed by atoms with Gasteiger partial charge in [0.15, 0.2) is 28.9 Å². The van der Waals surface area contributed by atoms with Gasteiger partial charge in [-0.25, -0.2) is 26.3 Å². The van der Waals surface area contributed by atoms with Crippen molar-refractivity contribution in [3.8, 4) is 0 Å². The zero-order valence-electron chi connectivity index (χ0n) is 13.8. The molecular weight excluding hydrogens is 372 g/mol. The molecule has 1 aliphatic rings. The summed E-state index contributed by atoms with van der Waals surface area (Å²) in [6, 6.07) is 6.91. The minimum absolute atomic E-state index is 0.0553. The van der Waals surface area contributed by atoms with Gasteiger partial charge in [-0.3, -0.25) is 4.79 Å². The molecule has 0 radical (unpaired) electrons. The number of hydrogen-bond acceptors (Lipinski definition) is 1. The molecule has 0 saturated carbocycles. The molecule has 0 saturated heterocycles. The molecular formula is C19H13F6NO. The Labute approximate surface area is 150 Å². The van der Waals surface area contributed by atoms with E-state index in [9.17, 15) is 26.7 Å². The molecule has 1 N–H and O–H groups in total. The van der Waals surface area contributed by atoms with Crippen molar-refractivity contribution in [1.29, 1.82) is 0 Å². The topological polar surface area (TPSA) is 29.1 Å². The lowest BCUT2D eigenvalue weighted by atomic mass is 9.78. The molecule has 0 aromatic heterocycles. The molecule has 8 heteroatoms. The first kappa shape index (κ1) is 19.0. The average Bonchev–Trinajstić information content (AvgIpc) is 2.67. The van der Waals surface area contributed by atoms with Crippen molar-refractivity contribution in [2.45, 2.75) is 18.5 Å². The van der Waals surface area contributed by atoms with E-state index in [1.807, 2.05) is 5.32 Å². The molecule has 3 rings (SSSR count). The molecule has 1 aliphatic carbocycles. The number of nitrogens with one attached hydrogen (secondary N) is 1. The number of alkyl halides is 1. The van der Waals surface area contributed by atoms with Crippen molar-refractivity contribution in [3.05, 3.63) is 76.6 Å². The lowest BCUT2D eigenvalue weighted by molar-refractivity contribution is 0.0912. The third-order valence-corrected chi connectivity index (χ3v) is 4.64. The van der Waals surface area contributed by atoms with Crippen molar-refractivity contribution >= 4 is 11.5 Å². The second kappa shape index (κ2) is 6.75. The van der Waals surface area contributed by atoms with Gasteiger partial charge in [0.05, 0.1) is 6.54 Å². The summed E-state index contributed by atoms with van der Waals surface area (Å²) in [7, 11) is 0. The van der Waals surface area contributed by atoms with Crippen LogP contribution in [0.3, 0.4) is 0 Å². The minimum atomic E-state index is -2.37. The van der Waals surface area contributed by atoms with E-state index in [0.29, 0.717) is 12.0 Å². The van der Waals surface area contributed by atoms with Crippen LogP contribution < -0.4 is 5.32 Å². The molecule has 2 nitrogen and oxygen atoms in total. The van der Waals surface area contributed by atoms with Gasteiger partial charge in [0.2, 0.25) is 5.82 Å². The lowest BCUT2D eigenvalue weighted by Gasteiger charge is -2.33. The fraction of sp³-hybridized carbons (Fsp3) is 0.211. The normalized spacial score (nSPS) is 19.0. The maximum Gasteiger partial charge on any atom is 0.257 e. The minimum Gasteiger partial charge on any atom is -0.348 e. The van der Waals surface area contributed by atoms with Gasteiger partial charge >= 0.3 is 0 Å². The van der Waals surface area contributed by atoms with Crippen LogP contribution in [0.25, 0.3) is 5.57 Å². The van der Waals surface area contributed by atoms with Crippen LogP contribution in [0.2, 0.25) is 0 Å². The quantitative estimate of drug-likeness (QED) is 0.471. The third-order valence-electron chi connectivity index (χ3n) is 4.64. The van der Waals surface area contributed by atoms with Gasteiger partial charge in [-0.1, -0.05) is 30.8 Å². The van der Waals surface area contributed by atoms with Crippen molar-refractivity contribution in [2.75, 3.05) is 6.54 Å². The zero-order valence-corrected chi connectivity index (χ0v) is 13.8. The summed E-state index contributed by atoms with van der Waals surface area (Å²) in [6.45, 7) is 2.97. The number of fused-ring (bicyclic) bond motifs is 1. The van der Waals surface area contributed by atoms with E-state index in [1.165, 1.54) is 0 Å². The van der Waals surface area contributed by atoms with Crippen LogP contribution in [0.5, 0.6) is 0 Å². The van der Waals surface area contributed by atoms with Gasteiger partial charge in [-0.05, 0) is 29.5 Å². The first-order valence-electron chi connectivity index (χ1n) is 7.93. The highest BCUT2D eigenvalue weighted by Gasteiger charge is 2.39.